The van der Waals surface area contributed by atoms with E-state index >= 15 is 0 Å². The zero-order chi connectivity index (χ0) is 30.6. The number of hydrogen-bond acceptors (Lipinski definition) is 7. The van der Waals surface area contributed by atoms with Crippen molar-refractivity contribution in [3.63, 3.8) is 0 Å². The summed E-state index contributed by atoms with van der Waals surface area (Å²) in [5.74, 6) is 0.725. The van der Waals surface area contributed by atoms with Gasteiger partial charge in [0.1, 0.15) is 28.7 Å². The van der Waals surface area contributed by atoms with Crippen LogP contribution in [0.25, 0.3) is 0 Å². The van der Waals surface area contributed by atoms with Gasteiger partial charge in [-0.25, -0.2) is 9.18 Å². The minimum absolute atomic E-state index is 0.0782. The molecule has 43 heavy (non-hydrogen) atoms. The lowest BCUT2D eigenvalue weighted by molar-refractivity contribution is -0.175. The number of benzene rings is 3. The normalized spacial score (nSPS) is 23.1. The lowest BCUT2D eigenvalue weighted by Gasteiger charge is -2.55. The Morgan fingerprint density at radius 2 is 1.81 bits per heavy atom. The van der Waals surface area contributed by atoms with Crippen molar-refractivity contribution < 1.29 is 31.6 Å². The fourth-order valence-electron chi connectivity index (χ4n) is 6.12. The van der Waals surface area contributed by atoms with E-state index in [9.17, 15) is 14.3 Å². The van der Waals surface area contributed by atoms with E-state index in [2.05, 4.69) is 5.32 Å². The summed E-state index contributed by atoms with van der Waals surface area (Å²) in [5.41, 5.74) is 0.445. The second-order valence-electron chi connectivity index (χ2n) is 11.2. The van der Waals surface area contributed by atoms with Gasteiger partial charge in [0, 0.05) is 25.2 Å². The molecule has 2 heterocycles. The largest absolute Gasteiger partial charge is 0.496 e. The first-order valence-electron chi connectivity index (χ1n) is 13.9. The van der Waals surface area contributed by atoms with E-state index < -0.39 is 11.6 Å². The average molecular weight is 702 g/mol. The van der Waals surface area contributed by atoms with Crippen molar-refractivity contribution in [2.45, 2.75) is 30.4 Å². The van der Waals surface area contributed by atoms with Crippen LogP contribution in [0.15, 0.2) is 66.7 Å². The third-order valence-electron chi connectivity index (χ3n) is 8.34. The second-order valence-corrected chi connectivity index (χ2v) is 11.7. The molecule has 3 aliphatic rings. The van der Waals surface area contributed by atoms with Gasteiger partial charge in [-0.05, 0) is 48.6 Å². The quantitative estimate of drug-likeness (QED) is 0.336. The van der Waals surface area contributed by atoms with Crippen LogP contribution >= 0.6 is 23.0 Å². The third kappa shape index (κ3) is 6.37. The number of hydrogen-bond donors (Lipinski definition) is 2. The van der Waals surface area contributed by atoms with E-state index in [1.165, 1.54) is 26.4 Å². The van der Waals surface area contributed by atoms with E-state index in [1.54, 1.807) is 58.2 Å². The smallest absolute Gasteiger partial charge is 0.317 e. The van der Waals surface area contributed by atoms with Crippen LogP contribution in [0.1, 0.15) is 35.4 Å². The lowest BCUT2D eigenvalue weighted by atomic mass is 9.78. The molecule has 6 rings (SSSR count). The van der Waals surface area contributed by atoms with Crippen LogP contribution in [0, 0.1) is 22.6 Å². The number of carbonyl (C=O) groups excluding carboxylic acids is 1. The molecule has 0 unspecified atom stereocenters. The second kappa shape index (κ2) is 13.0. The topological polar surface area (TPSA) is 113 Å². The standard InChI is InChI=1S/C25H28FIN2O6.C7H5N/c1-32-18-8-19(33-2)22(20(9-18)35-27)25(31)10-16(15-4-3-5-17(26)6-15)7-21(25)28-23(30)29-11-24(12-29)13-34-14-24;8-6-7-4-2-1-3-5-7/h3-6,8-9,16,21,31H,7,10-14H2,1-2H3,(H,28,30);1-5H/t16-,21+,25-;/m1./s1. The number of methoxy groups -OCH3 is 2. The molecular weight excluding hydrogens is 668 g/mol. The molecule has 0 bridgehead atoms. The molecule has 1 spiro atoms. The summed E-state index contributed by atoms with van der Waals surface area (Å²) in [6.45, 7) is 2.60. The number of nitriles is 1. The fraction of sp³-hybridized carbons (Fsp3) is 0.375. The van der Waals surface area contributed by atoms with E-state index in [-0.39, 0.29) is 29.6 Å². The Kier molecular flexibility index (Phi) is 9.29. The Labute approximate surface area is 264 Å². The van der Waals surface area contributed by atoms with Gasteiger partial charge < -0.3 is 32.6 Å². The monoisotopic (exact) mass is 701 g/mol. The maximum absolute atomic E-state index is 14.0. The van der Waals surface area contributed by atoms with Crippen LogP contribution in [0.3, 0.4) is 0 Å². The van der Waals surface area contributed by atoms with Crippen molar-refractivity contribution in [1.82, 2.24) is 10.2 Å². The van der Waals surface area contributed by atoms with Crippen LogP contribution in [-0.4, -0.2) is 62.6 Å². The molecule has 9 nitrogen and oxygen atoms in total. The maximum Gasteiger partial charge on any atom is 0.317 e. The predicted molar refractivity (Wildman–Crippen MR) is 165 cm³/mol. The number of ether oxygens (including phenoxy) is 3. The maximum atomic E-state index is 14.0. The van der Waals surface area contributed by atoms with E-state index in [0.29, 0.717) is 61.1 Å². The molecule has 3 fully saturated rings. The van der Waals surface area contributed by atoms with Crippen molar-refractivity contribution in [2.75, 3.05) is 40.5 Å². The highest BCUT2D eigenvalue weighted by molar-refractivity contribution is 14.1. The molecule has 2 amide bonds. The molecule has 2 N–H and O–H groups in total. The minimum atomic E-state index is -1.53. The molecule has 3 aromatic carbocycles. The molecule has 1 aliphatic carbocycles. The van der Waals surface area contributed by atoms with Gasteiger partial charge in [-0.3, -0.25) is 0 Å². The molecule has 2 saturated heterocycles. The first-order valence-corrected chi connectivity index (χ1v) is 14.7. The summed E-state index contributed by atoms with van der Waals surface area (Å²) in [4.78, 5) is 14.9. The van der Waals surface area contributed by atoms with Crippen molar-refractivity contribution in [1.29, 1.82) is 5.26 Å². The number of nitrogens with one attached hydrogen (secondary N) is 1. The lowest BCUT2D eigenvalue weighted by Crippen LogP contribution is -2.69. The highest BCUT2D eigenvalue weighted by atomic mass is 127. The van der Waals surface area contributed by atoms with E-state index in [4.69, 9.17) is 22.5 Å². The Bertz CT molecular complexity index is 1460. The Morgan fingerprint density at radius 1 is 1.09 bits per heavy atom. The third-order valence-corrected chi connectivity index (χ3v) is 8.82. The number of carbonyl (C=O) groups is 1. The van der Waals surface area contributed by atoms with Crippen molar-refractivity contribution in [3.8, 4) is 23.3 Å². The summed E-state index contributed by atoms with van der Waals surface area (Å²) < 4.78 is 35.9. The number of likely N-dealkylation sites (tertiary alicyclic amines) is 1. The van der Waals surface area contributed by atoms with E-state index in [0.717, 1.165) is 5.56 Å². The molecule has 3 aromatic rings. The molecule has 2 aliphatic heterocycles. The van der Waals surface area contributed by atoms with Gasteiger partial charge in [0.15, 0.2) is 23.0 Å². The molecule has 0 radical (unpaired) electrons. The van der Waals surface area contributed by atoms with Crippen LogP contribution in [-0.2, 0) is 10.3 Å². The summed E-state index contributed by atoms with van der Waals surface area (Å²) in [7, 11) is 3.04. The van der Waals surface area contributed by atoms with Crippen LogP contribution < -0.4 is 17.9 Å². The van der Waals surface area contributed by atoms with Gasteiger partial charge in [-0.15, -0.1) is 0 Å². The number of rotatable bonds is 6. The SMILES string of the molecule is COc1cc(OC)c([C@@]2(O)C[C@H](c3cccc(F)c3)C[C@@H]2NC(=O)N2CC3(COC3)C2)c(OI)c1.N#Cc1ccccc1. The van der Waals surface area contributed by atoms with Gasteiger partial charge in [-0.2, -0.15) is 5.26 Å². The van der Waals surface area contributed by atoms with Crippen molar-refractivity contribution in [3.05, 3.63) is 89.2 Å². The van der Waals surface area contributed by atoms with Gasteiger partial charge in [0.05, 0.1) is 56.1 Å². The molecular formula is C32H33FIN3O6. The predicted octanol–water partition coefficient (Wildman–Crippen LogP) is 5.31. The fourth-order valence-corrected chi connectivity index (χ4v) is 6.46. The first-order chi connectivity index (χ1) is 20.7. The Hall–Kier alpha value is -3.60. The van der Waals surface area contributed by atoms with Gasteiger partial charge in [-0.1, -0.05) is 30.3 Å². The Morgan fingerprint density at radius 3 is 2.37 bits per heavy atom. The van der Waals surface area contributed by atoms with E-state index in [1.807, 2.05) is 30.3 Å². The van der Waals surface area contributed by atoms with Crippen LogP contribution in [0.2, 0.25) is 0 Å². The van der Waals surface area contributed by atoms with Gasteiger partial charge >= 0.3 is 6.03 Å². The minimum Gasteiger partial charge on any atom is -0.496 e. The highest BCUT2D eigenvalue weighted by Gasteiger charge is 2.54. The molecule has 0 aromatic heterocycles. The molecule has 11 heteroatoms. The summed E-state index contributed by atoms with van der Waals surface area (Å²) in [5, 5.41) is 23.6. The number of aliphatic hydroxyl groups is 1. The highest BCUT2D eigenvalue weighted by Crippen LogP contribution is 2.53. The summed E-state index contributed by atoms with van der Waals surface area (Å²) in [6, 6.07) is 20.0. The summed E-state index contributed by atoms with van der Waals surface area (Å²) in [6.07, 6.45) is 0.665. The average Bonchev–Trinajstić information content (AvgIpc) is 3.31. The zero-order valence-corrected chi connectivity index (χ0v) is 26.0. The molecule has 3 atom stereocenters. The van der Waals surface area contributed by atoms with Gasteiger partial charge in [0.2, 0.25) is 0 Å². The van der Waals surface area contributed by atoms with Gasteiger partial charge in [0.25, 0.3) is 0 Å². The van der Waals surface area contributed by atoms with Crippen molar-refractivity contribution >= 4 is 29.0 Å². The molecule has 1 saturated carbocycles. The number of urea groups is 1. The van der Waals surface area contributed by atoms with Crippen LogP contribution in [0.4, 0.5) is 9.18 Å². The van der Waals surface area contributed by atoms with Crippen LogP contribution in [0.5, 0.6) is 17.2 Å². The zero-order valence-electron chi connectivity index (χ0n) is 23.9. The number of nitrogens with zero attached hydrogens (tertiary/aromatic N) is 2. The summed E-state index contributed by atoms with van der Waals surface area (Å²) >= 11 is 1.75. The number of halogens is 2. The Balaban J connectivity index is 0.000000400. The first kappa shape index (κ1) is 30.8. The molecule has 226 valence electrons. The number of amides is 2. The van der Waals surface area contributed by atoms with Crippen molar-refractivity contribution in [2.24, 2.45) is 5.41 Å².